The molecule has 4 bridgehead atoms. The fourth-order valence-electron chi connectivity index (χ4n) is 6.70. The number of hydrogen-bond acceptors (Lipinski definition) is 10. The van der Waals surface area contributed by atoms with E-state index in [0.717, 1.165) is 51.9 Å². The standard InChI is InChI=1S/C28H36N2O8/c1-35-15-27(23(31)19-7-11-29(27)12-8-19)17-37-25(33)21-3-5-22(6-4-21)26(34)38-18-28(16-36-2)24(32)20-9-13-30(28)14-10-20/h3-6,19-20H,7-18H2,1-2H3. The van der Waals surface area contributed by atoms with Gasteiger partial charge in [-0.15, -0.1) is 0 Å². The number of methoxy groups -OCH3 is 2. The summed E-state index contributed by atoms with van der Waals surface area (Å²) in [7, 11) is 3.09. The molecule has 0 aliphatic carbocycles. The number of fused-ring (bicyclic) bond motifs is 6. The molecule has 0 spiro atoms. The average molecular weight is 529 g/mol. The second-order valence-electron chi connectivity index (χ2n) is 10.9. The van der Waals surface area contributed by atoms with E-state index < -0.39 is 23.0 Å². The van der Waals surface area contributed by atoms with Crippen molar-refractivity contribution >= 4 is 23.5 Å². The van der Waals surface area contributed by atoms with Crippen molar-refractivity contribution in [3.8, 4) is 0 Å². The number of hydrogen-bond donors (Lipinski definition) is 0. The summed E-state index contributed by atoms with van der Waals surface area (Å²) in [6.07, 6.45) is 3.31. The van der Waals surface area contributed by atoms with Gasteiger partial charge in [-0.1, -0.05) is 0 Å². The Morgan fingerprint density at radius 1 is 0.684 bits per heavy atom. The Labute approximate surface area is 222 Å². The highest BCUT2D eigenvalue weighted by molar-refractivity contribution is 5.96. The molecule has 0 radical (unpaired) electrons. The van der Waals surface area contributed by atoms with Crippen LogP contribution in [0.1, 0.15) is 46.4 Å². The molecule has 6 aliphatic rings. The monoisotopic (exact) mass is 528 g/mol. The van der Waals surface area contributed by atoms with Gasteiger partial charge >= 0.3 is 11.9 Å². The Hall–Kier alpha value is -2.66. The number of Topliss-reactive ketones (excluding diaryl/α,β-unsaturated/α-hetero) is 2. The molecule has 7 rings (SSSR count). The molecule has 1 aromatic rings. The van der Waals surface area contributed by atoms with Gasteiger partial charge in [0.15, 0.2) is 11.6 Å². The van der Waals surface area contributed by atoms with Crippen molar-refractivity contribution < 1.29 is 38.1 Å². The molecule has 1 aromatic carbocycles. The third kappa shape index (κ3) is 4.57. The summed E-state index contributed by atoms with van der Waals surface area (Å²) < 4.78 is 21.9. The number of piperidine rings is 6. The second-order valence-corrected chi connectivity index (χ2v) is 10.9. The van der Waals surface area contributed by atoms with E-state index in [0.29, 0.717) is 0 Å². The van der Waals surface area contributed by atoms with Crippen molar-refractivity contribution in [2.45, 2.75) is 36.8 Å². The van der Waals surface area contributed by atoms with Gasteiger partial charge in [0.2, 0.25) is 0 Å². The van der Waals surface area contributed by atoms with Crippen LogP contribution in [0.2, 0.25) is 0 Å². The molecular formula is C28H36N2O8. The topological polar surface area (TPSA) is 112 Å². The van der Waals surface area contributed by atoms with Crippen LogP contribution in [-0.4, -0.2) is 111 Å². The first-order chi connectivity index (χ1) is 18.3. The predicted molar refractivity (Wildman–Crippen MR) is 135 cm³/mol. The highest BCUT2D eigenvalue weighted by atomic mass is 16.5. The molecule has 6 aliphatic heterocycles. The summed E-state index contributed by atoms with van der Waals surface area (Å²) in [6, 6.07) is 6.00. The molecule has 206 valence electrons. The van der Waals surface area contributed by atoms with Crippen molar-refractivity contribution in [2.75, 3.05) is 66.8 Å². The first-order valence-electron chi connectivity index (χ1n) is 13.4. The molecule has 38 heavy (non-hydrogen) atoms. The Balaban J connectivity index is 1.20. The fourth-order valence-corrected chi connectivity index (χ4v) is 6.70. The third-order valence-electron chi connectivity index (χ3n) is 8.87. The summed E-state index contributed by atoms with van der Waals surface area (Å²) in [4.78, 5) is 55.9. The van der Waals surface area contributed by atoms with Crippen LogP contribution < -0.4 is 0 Å². The van der Waals surface area contributed by atoms with Crippen LogP contribution >= 0.6 is 0 Å². The van der Waals surface area contributed by atoms with Gasteiger partial charge < -0.3 is 18.9 Å². The molecule has 10 nitrogen and oxygen atoms in total. The third-order valence-corrected chi connectivity index (χ3v) is 8.87. The largest absolute Gasteiger partial charge is 0.460 e. The maximum absolute atomic E-state index is 13.1. The lowest BCUT2D eigenvalue weighted by Gasteiger charge is -2.51. The molecular weight excluding hydrogens is 492 g/mol. The number of carbonyl (C=O) groups is 4. The zero-order chi connectivity index (χ0) is 26.9. The summed E-state index contributed by atoms with van der Waals surface area (Å²) in [5, 5.41) is 0. The lowest BCUT2D eigenvalue weighted by atomic mass is 9.74. The summed E-state index contributed by atoms with van der Waals surface area (Å²) in [5.74, 6) is -1.03. The summed E-state index contributed by atoms with van der Waals surface area (Å²) in [6.45, 7) is 3.32. The second kappa shape index (κ2) is 10.8. The SMILES string of the molecule is COCC1(COC(=O)c2ccc(C(=O)OCC3(COC)C(=O)C4CCN3CC4)cc2)C(=O)C2CCN1CC2. The van der Waals surface area contributed by atoms with E-state index in [1.807, 2.05) is 0 Å². The van der Waals surface area contributed by atoms with Crippen LogP contribution in [0.15, 0.2) is 24.3 Å². The Morgan fingerprint density at radius 2 is 1.03 bits per heavy atom. The molecule has 6 saturated heterocycles. The average Bonchev–Trinajstić information content (AvgIpc) is 2.96. The van der Waals surface area contributed by atoms with Gasteiger partial charge in [0.25, 0.3) is 0 Å². The van der Waals surface area contributed by atoms with Crippen LogP contribution in [0.25, 0.3) is 0 Å². The Kier molecular flexibility index (Phi) is 7.68. The number of carbonyl (C=O) groups excluding carboxylic acids is 4. The molecule has 0 saturated carbocycles. The zero-order valence-electron chi connectivity index (χ0n) is 22.1. The van der Waals surface area contributed by atoms with Gasteiger partial charge in [0.05, 0.1) is 24.3 Å². The van der Waals surface area contributed by atoms with E-state index in [2.05, 4.69) is 9.80 Å². The van der Waals surface area contributed by atoms with E-state index >= 15 is 0 Å². The normalized spacial score (nSPS) is 33.8. The Morgan fingerprint density at radius 3 is 1.32 bits per heavy atom. The number of ether oxygens (including phenoxy) is 4. The lowest BCUT2D eigenvalue weighted by molar-refractivity contribution is -0.159. The minimum absolute atomic E-state index is 0.0157. The van der Waals surface area contributed by atoms with Crippen LogP contribution in [0.3, 0.4) is 0 Å². The van der Waals surface area contributed by atoms with Crippen molar-refractivity contribution in [3.05, 3.63) is 35.4 Å². The first-order valence-corrected chi connectivity index (χ1v) is 13.4. The molecule has 2 atom stereocenters. The van der Waals surface area contributed by atoms with Crippen molar-refractivity contribution in [2.24, 2.45) is 11.8 Å². The first kappa shape index (κ1) is 26.9. The number of benzene rings is 1. The van der Waals surface area contributed by atoms with Crippen molar-refractivity contribution in [1.29, 1.82) is 0 Å². The van der Waals surface area contributed by atoms with Gasteiger partial charge in [-0.25, -0.2) is 9.59 Å². The van der Waals surface area contributed by atoms with E-state index in [1.54, 1.807) is 14.2 Å². The highest BCUT2D eigenvalue weighted by Crippen LogP contribution is 2.38. The van der Waals surface area contributed by atoms with E-state index in [9.17, 15) is 19.2 Å². The zero-order valence-corrected chi connectivity index (χ0v) is 22.1. The summed E-state index contributed by atoms with van der Waals surface area (Å²) >= 11 is 0. The minimum Gasteiger partial charge on any atom is -0.460 e. The smallest absolute Gasteiger partial charge is 0.338 e. The van der Waals surface area contributed by atoms with Crippen LogP contribution in [0.4, 0.5) is 0 Å². The van der Waals surface area contributed by atoms with Gasteiger partial charge in [0.1, 0.15) is 24.3 Å². The number of nitrogens with zero attached hydrogens (tertiary/aromatic N) is 2. The van der Waals surface area contributed by atoms with Gasteiger partial charge in [0, 0.05) is 52.2 Å². The van der Waals surface area contributed by atoms with Crippen LogP contribution in [0.5, 0.6) is 0 Å². The fraction of sp³-hybridized carbons (Fsp3) is 0.643. The number of ketones is 2. The molecule has 2 unspecified atom stereocenters. The molecule has 6 fully saturated rings. The van der Waals surface area contributed by atoms with Gasteiger partial charge in [-0.3, -0.25) is 19.4 Å². The minimum atomic E-state index is -0.945. The van der Waals surface area contributed by atoms with Crippen molar-refractivity contribution in [3.63, 3.8) is 0 Å². The maximum Gasteiger partial charge on any atom is 0.338 e. The molecule has 0 aromatic heterocycles. The Bertz CT molecular complexity index is 990. The molecule has 0 amide bonds. The van der Waals surface area contributed by atoms with Crippen molar-refractivity contribution in [1.82, 2.24) is 9.80 Å². The van der Waals surface area contributed by atoms with Gasteiger partial charge in [-0.2, -0.15) is 0 Å². The number of rotatable bonds is 10. The highest BCUT2D eigenvalue weighted by Gasteiger charge is 2.55. The van der Waals surface area contributed by atoms with E-state index in [1.165, 1.54) is 24.3 Å². The van der Waals surface area contributed by atoms with E-state index in [4.69, 9.17) is 18.9 Å². The summed E-state index contributed by atoms with van der Waals surface area (Å²) in [5.41, 5.74) is -1.36. The predicted octanol–water partition coefficient (Wildman–Crippen LogP) is 1.36. The van der Waals surface area contributed by atoms with Crippen LogP contribution in [-0.2, 0) is 28.5 Å². The van der Waals surface area contributed by atoms with E-state index in [-0.39, 0.29) is 61.0 Å². The molecule has 10 heteroatoms. The maximum atomic E-state index is 13.1. The molecule has 0 N–H and O–H groups in total. The lowest BCUT2D eigenvalue weighted by Crippen LogP contribution is -2.69. The molecule has 6 heterocycles. The van der Waals surface area contributed by atoms with Crippen LogP contribution in [0, 0.1) is 11.8 Å². The van der Waals surface area contributed by atoms with Gasteiger partial charge in [-0.05, 0) is 49.9 Å². The quantitative estimate of drug-likeness (QED) is 0.413. The number of esters is 2.